The minimum Gasteiger partial charge on any atom is -0.296 e. The lowest BCUT2D eigenvalue weighted by Gasteiger charge is -2.25. The smallest absolute Gasteiger partial charge is 0.264 e. The Morgan fingerprint density at radius 2 is 1.62 bits per heavy atom. The number of rotatable bonds is 7. The third-order valence-corrected chi connectivity index (χ3v) is 7.17. The molecule has 1 amide bonds. The molecule has 0 spiro atoms. The first kappa shape index (κ1) is 21.7. The first-order valence-electron chi connectivity index (χ1n) is 9.77. The third-order valence-electron chi connectivity index (χ3n) is 4.64. The summed E-state index contributed by atoms with van der Waals surface area (Å²) in [5, 5.41) is 11.5. The summed E-state index contributed by atoms with van der Waals surface area (Å²) in [6.45, 7) is 1.94. The van der Waals surface area contributed by atoms with Crippen LogP contribution >= 0.6 is 11.3 Å². The molecule has 0 aliphatic heterocycles. The molecule has 0 fully saturated rings. The van der Waals surface area contributed by atoms with Crippen molar-refractivity contribution >= 4 is 38.1 Å². The van der Waals surface area contributed by atoms with Gasteiger partial charge in [0.25, 0.3) is 15.9 Å². The largest absolute Gasteiger partial charge is 0.296 e. The maximum atomic E-state index is 13.6. The highest BCUT2D eigenvalue weighted by molar-refractivity contribution is 7.92. The van der Waals surface area contributed by atoms with E-state index < -0.39 is 15.9 Å². The lowest BCUT2D eigenvalue weighted by Crippen LogP contribution is -2.30. The number of nitrogens with one attached hydrogen (secondary N) is 1. The van der Waals surface area contributed by atoms with Gasteiger partial charge in [0, 0.05) is 5.56 Å². The average molecular weight is 465 g/mol. The monoisotopic (exact) mass is 464 g/mol. The normalized spacial score (nSPS) is 11.2. The Balaban J connectivity index is 1.68. The van der Waals surface area contributed by atoms with Crippen molar-refractivity contribution in [3.63, 3.8) is 0 Å². The van der Waals surface area contributed by atoms with Crippen molar-refractivity contribution in [3.8, 4) is 0 Å². The first-order valence-corrected chi connectivity index (χ1v) is 12.0. The number of sulfonamides is 1. The molecular weight excluding hydrogens is 444 g/mol. The Morgan fingerprint density at radius 3 is 2.28 bits per heavy atom. The highest BCUT2D eigenvalue weighted by Crippen LogP contribution is 2.26. The van der Waals surface area contributed by atoms with Crippen molar-refractivity contribution in [2.45, 2.75) is 18.4 Å². The summed E-state index contributed by atoms with van der Waals surface area (Å²) in [5.41, 5.74) is 1.60. The lowest BCUT2D eigenvalue weighted by atomic mass is 10.2. The Labute approximate surface area is 190 Å². The van der Waals surface area contributed by atoms with Crippen molar-refractivity contribution in [2.24, 2.45) is 0 Å². The van der Waals surface area contributed by atoms with E-state index >= 15 is 0 Å². The van der Waals surface area contributed by atoms with Gasteiger partial charge in [0.1, 0.15) is 5.01 Å². The van der Waals surface area contributed by atoms with Crippen molar-refractivity contribution in [1.29, 1.82) is 0 Å². The van der Waals surface area contributed by atoms with Gasteiger partial charge in [0.05, 0.1) is 17.1 Å². The number of hydrogen-bond acceptors (Lipinski definition) is 6. The number of amides is 1. The van der Waals surface area contributed by atoms with Gasteiger partial charge in [-0.1, -0.05) is 65.9 Å². The number of para-hydroxylation sites is 1. The minimum absolute atomic E-state index is 0.0263. The van der Waals surface area contributed by atoms with Crippen LogP contribution in [-0.4, -0.2) is 24.5 Å². The molecule has 0 radical (unpaired) electrons. The number of carbonyl (C=O) groups is 1. The molecule has 162 valence electrons. The van der Waals surface area contributed by atoms with Crippen molar-refractivity contribution < 1.29 is 13.2 Å². The topological polar surface area (TPSA) is 92.3 Å². The molecule has 0 aliphatic rings. The van der Waals surface area contributed by atoms with Crippen LogP contribution in [0.1, 0.15) is 20.9 Å². The van der Waals surface area contributed by atoms with Crippen molar-refractivity contribution in [3.05, 3.63) is 101 Å². The van der Waals surface area contributed by atoms with Crippen LogP contribution in [0, 0.1) is 6.92 Å². The van der Waals surface area contributed by atoms with Crippen LogP contribution in [0.15, 0.2) is 89.8 Å². The van der Waals surface area contributed by atoms with Crippen LogP contribution in [0.5, 0.6) is 0 Å². The molecule has 0 aliphatic carbocycles. The van der Waals surface area contributed by atoms with Crippen LogP contribution in [0.3, 0.4) is 0 Å². The van der Waals surface area contributed by atoms with E-state index in [0.29, 0.717) is 10.8 Å². The molecule has 3 aromatic carbocycles. The predicted molar refractivity (Wildman–Crippen MR) is 125 cm³/mol. The lowest BCUT2D eigenvalue weighted by molar-refractivity contribution is 0.102. The standard InChI is InChI=1S/C23H20N4O3S2/c1-17-25-26-23(31-17)24-22(28)19-11-8-14-21(15-19)32(29,30)27(20-12-6-3-7-13-20)16-18-9-4-2-5-10-18/h2-15H,16H2,1H3,(H,24,26,28). The summed E-state index contributed by atoms with van der Waals surface area (Å²) < 4.78 is 28.6. The fourth-order valence-electron chi connectivity index (χ4n) is 3.10. The zero-order valence-electron chi connectivity index (χ0n) is 17.2. The van der Waals surface area contributed by atoms with Crippen LogP contribution < -0.4 is 9.62 Å². The molecule has 32 heavy (non-hydrogen) atoms. The predicted octanol–water partition coefficient (Wildman–Crippen LogP) is 4.49. The molecule has 1 heterocycles. The van der Waals surface area contributed by atoms with Gasteiger partial charge < -0.3 is 0 Å². The Morgan fingerprint density at radius 1 is 0.938 bits per heavy atom. The summed E-state index contributed by atoms with van der Waals surface area (Å²) in [6, 6.07) is 24.2. The van der Waals surface area contributed by atoms with Gasteiger partial charge in [0.15, 0.2) is 0 Å². The zero-order valence-corrected chi connectivity index (χ0v) is 18.8. The molecule has 4 aromatic rings. The van der Waals surface area contributed by atoms with E-state index in [2.05, 4.69) is 15.5 Å². The van der Waals surface area contributed by atoms with E-state index in [1.54, 1.807) is 43.3 Å². The number of nitrogens with zero attached hydrogens (tertiary/aromatic N) is 3. The third kappa shape index (κ3) is 4.84. The number of benzene rings is 3. The second kappa shape index (κ2) is 9.29. The first-order chi connectivity index (χ1) is 15.4. The fraction of sp³-hybridized carbons (Fsp3) is 0.0870. The molecule has 0 saturated carbocycles. The number of hydrogen-bond donors (Lipinski definition) is 1. The summed E-state index contributed by atoms with van der Waals surface area (Å²) in [6.07, 6.45) is 0. The number of aryl methyl sites for hydroxylation is 1. The number of anilines is 2. The summed E-state index contributed by atoms with van der Waals surface area (Å²) in [4.78, 5) is 12.7. The second-order valence-electron chi connectivity index (χ2n) is 6.94. The van der Waals surface area contributed by atoms with Gasteiger partial charge in [-0.2, -0.15) is 0 Å². The van der Waals surface area contributed by atoms with Crippen LogP contribution in [0.4, 0.5) is 10.8 Å². The number of aromatic nitrogens is 2. The summed E-state index contributed by atoms with van der Waals surface area (Å²) in [5.74, 6) is -0.451. The molecular formula is C23H20N4O3S2. The van der Waals surface area contributed by atoms with Crippen LogP contribution in [0.2, 0.25) is 0 Å². The summed E-state index contributed by atoms with van der Waals surface area (Å²) >= 11 is 1.24. The van der Waals surface area contributed by atoms with E-state index in [1.165, 1.54) is 27.8 Å². The van der Waals surface area contributed by atoms with E-state index in [1.807, 2.05) is 36.4 Å². The molecule has 0 atom stereocenters. The second-order valence-corrected chi connectivity index (χ2v) is 9.98. The Bertz CT molecular complexity index is 1320. The zero-order chi connectivity index (χ0) is 22.6. The average Bonchev–Trinajstić information content (AvgIpc) is 3.23. The van der Waals surface area contributed by atoms with Gasteiger partial charge in [-0.05, 0) is 42.8 Å². The fourth-order valence-corrected chi connectivity index (χ4v) is 5.19. The number of carbonyl (C=O) groups excluding carboxylic acids is 1. The molecule has 1 aromatic heterocycles. The Kier molecular flexibility index (Phi) is 6.29. The van der Waals surface area contributed by atoms with Gasteiger partial charge in [0.2, 0.25) is 5.13 Å². The van der Waals surface area contributed by atoms with E-state index in [4.69, 9.17) is 0 Å². The summed E-state index contributed by atoms with van der Waals surface area (Å²) in [7, 11) is -3.95. The highest BCUT2D eigenvalue weighted by atomic mass is 32.2. The van der Waals surface area contributed by atoms with Crippen molar-refractivity contribution in [2.75, 3.05) is 9.62 Å². The van der Waals surface area contributed by atoms with Gasteiger partial charge in [-0.3, -0.25) is 14.4 Å². The maximum absolute atomic E-state index is 13.6. The van der Waals surface area contributed by atoms with Crippen molar-refractivity contribution in [1.82, 2.24) is 10.2 Å². The molecule has 9 heteroatoms. The Hall–Kier alpha value is -3.56. The maximum Gasteiger partial charge on any atom is 0.264 e. The van der Waals surface area contributed by atoms with Crippen LogP contribution in [0.25, 0.3) is 0 Å². The highest BCUT2D eigenvalue weighted by Gasteiger charge is 2.26. The van der Waals surface area contributed by atoms with E-state index in [0.717, 1.165) is 10.6 Å². The molecule has 4 rings (SSSR count). The van der Waals surface area contributed by atoms with Crippen LogP contribution in [-0.2, 0) is 16.6 Å². The molecule has 7 nitrogen and oxygen atoms in total. The van der Waals surface area contributed by atoms with E-state index in [-0.39, 0.29) is 17.0 Å². The van der Waals surface area contributed by atoms with E-state index in [9.17, 15) is 13.2 Å². The molecule has 0 saturated heterocycles. The van der Waals surface area contributed by atoms with Gasteiger partial charge in [-0.15, -0.1) is 10.2 Å². The van der Waals surface area contributed by atoms with Gasteiger partial charge in [-0.25, -0.2) is 8.42 Å². The molecule has 0 bridgehead atoms. The van der Waals surface area contributed by atoms with Gasteiger partial charge >= 0.3 is 0 Å². The molecule has 0 unspecified atom stereocenters. The molecule has 1 N–H and O–H groups in total. The minimum atomic E-state index is -3.95. The SMILES string of the molecule is Cc1nnc(NC(=O)c2cccc(S(=O)(=O)N(Cc3ccccc3)c3ccccc3)c2)s1. The quantitative estimate of drug-likeness (QED) is 0.435.